The summed E-state index contributed by atoms with van der Waals surface area (Å²) in [7, 11) is 0. The summed E-state index contributed by atoms with van der Waals surface area (Å²) < 4.78 is 68.3. The van der Waals surface area contributed by atoms with Crippen molar-refractivity contribution in [2.24, 2.45) is 0 Å². The van der Waals surface area contributed by atoms with Gasteiger partial charge in [0.05, 0.1) is 5.69 Å². The van der Waals surface area contributed by atoms with Crippen LogP contribution in [0.1, 0.15) is 37.6 Å². The largest absolute Gasteiger partial charge is 0.350 e. The van der Waals surface area contributed by atoms with Gasteiger partial charge in [0.1, 0.15) is 5.82 Å². The summed E-state index contributed by atoms with van der Waals surface area (Å²) in [5.74, 6) is -6.93. The van der Waals surface area contributed by atoms with Gasteiger partial charge < -0.3 is 5.32 Å². The third kappa shape index (κ3) is 5.98. The predicted molar refractivity (Wildman–Crippen MR) is 108 cm³/mol. The molecule has 3 nitrogen and oxygen atoms in total. The first kappa shape index (κ1) is 23.3. The van der Waals surface area contributed by atoms with Gasteiger partial charge in [0, 0.05) is 43.3 Å². The molecular formula is C22H22F5N3. The lowest BCUT2D eigenvalue weighted by Gasteiger charge is -2.16. The van der Waals surface area contributed by atoms with Crippen LogP contribution in [0.2, 0.25) is 0 Å². The fourth-order valence-corrected chi connectivity index (χ4v) is 2.76. The summed E-state index contributed by atoms with van der Waals surface area (Å²) in [6.07, 6.45) is 5.36. The Bertz CT molecular complexity index is 969. The predicted octanol–water partition coefficient (Wildman–Crippen LogP) is 6.51. The second-order valence-corrected chi connectivity index (χ2v) is 6.75. The van der Waals surface area contributed by atoms with E-state index >= 15 is 0 Å². The van der Waals surface area contributed by atoms with Crippen molar-refractivity contribution < 1.29 is 22.0 Å². The van der Waals surface area contributed by atoms with E-state index in [1.165, 1.54) is 43.5 Å². The van der Waals surface area contributed by atoms with Crippen LogP contribution >= 0.6 is 0 Å². The zero-order chi connectivity index (χ0) is 22.5. The summed E-state index contributed by atoms with van der Waals surface area (Å²) in [4.78, 5) is 8.26. The van der Waals surface area contributed by atoms with E-state index in [9.17, 15) is 22.0 Å². The molecular weight excluding hydrogens is 401 g/mol. The standard InChI is InChI=1S/C22H22F5N3/c1-5-14(11-16(6-2)21(3,24)25)19-9-10-28-20(30-19)29-13-15-7-8-17(23)12-18(15)22(4,26)27/h5-12H,1,13H2,2-4H3,(H,28,29,30)/b14-11+,16-6+. The van der Waals surface area contributed by atoms with Crippen molar-refractivity contribution >= 4 is 11.5 Å². The molecule has 1 N–H and O–H groups in total. The highest BCUT2D eigenvalue weighted by atomic mass is 19.3. The van der Waals surface area contributed by atoms with Crippen molar-refractivity contribution in [1.82, 2.24) is 9.97 Å². The Morgan fingerprint density at radius 1 is 1.17 bits per heavy atom. The molecule has 0 aliphatic rings. The third-order valence-corrected chi connectivity index (χ3v) is 4.28. The lowest BCUT2D eigenvalue weighted by molar-refractivity contribution is 0.0163. The minimum Gasteiger partial charge on any atom is -0.350 e. The molecule has 1 heterocycles. The first-order valence-corrected chi connectivity index (χ1v) is 9.08. The molecule has 2 rings (SSSR count). The summed E-state index contributed by atoms with van der Waals surface area (Å²) in [5, 5.41) is 2.81. The van der Waals surface area contributed by atoms with Gasteiger partial charge in [-0.15, -0.1) is 0 Å². The minimum absolute atomic E-state index is 0.0806. The molecule has 160 valence electrons. The molecule has 1 aromatic heterocycles. The van der Waals surface area contributed by atoms with Crippen molar-refractivity contribution in [2.75, 3.05) is 5.32 Å². The summed E-state index contributed by atoms with van der Waals surface area (Å²) in [6, 6.07) is 4.65. The molecule has 0 aliphatic heterocycles. The molecule has 0 bridgehead atoms. The lowest BCUT2D eigenvalue weighted by Crippen LogP contribution is -2.14. The highest BCUT2D eigenvalue weighted by Gasteiger charge is 2.28. The summed E-state index contributed by atoms with van der Waals surface area (Å²) in [6.45, 7) is 6.53. The number of benzene rings is 1. The molecule has 0 fully saturated rings. The van der Waals surface area contributed by atoms with Crippen LogP contribution in [0.3, 0.4) is 0 Å². The summed E-state index contributed by atoms with van der Waals surface area (Å²) in [5.41, 5.74) is 0.204. The van der Waals surface area contributed by atoms with Gasteiger partial charge in [-0.1, -0.05) is 24.8 Å². The molecule has 0 radical (unpaired) electrons. The van der Waals surface area contributed by atoms with E-state index in [0.29, 0.717) is 18.2 Å². The van der Waals surface area contributed by atoms with E-state index in [1.54, 1.807) is 0 Å². The molecule has 0 aliphatic carbocycles. The van der Waals surface area contributed by atoms with E-state index in [0.717, 1.165) is 19.1 Å². The van der Waals surface area contributed by atoms with Gasteiger partial charge in [-0.3, -0.25) is 0 Å². The fraction of sp³-hybridized carbons (Fsp3) is 0.273. The zero-order valence-corrected chi connectivity index (χ0v) is 16.8. The van der Waals surface area contributed by atoms with Gasteiger partial charge in [0.25, 0.3) is 11.8 Å². The topological polar surface area (TPSA) is 37.8 Å². The van der Waals surface area contributed by atoms with Crippen LogP contribution in [0.25, 0.3) is 5.57 Å². The number of rotatable bonds is 8. The van der Waals surface area contributed by atoms with Crippen LogP contribution in [0.4, 0.5) is 27.9 Å². The van der Waals surface area contributed by atoms with Gasteiger partial charge in [-0.2, -0.15) is 0 Å². The molecule has 0 saturated carbocycles. The number of halogens is 5. The molecule has 0 unspecified atom stereocenters. The smallest absolute Gasteiger partial charge is 0.270 e. The third-order valence-electron chi connectivity index (χ3n) is 4.28. The van der Waals surface area contributed by atoms with Crippen LogP contribution in [-0.4, -0.2) is 15.9 Å². The van der Waals surface area contributed by atoms with Crippen LogP contribution in [0.5, 0.6) is 0 Å². The van der Waals surface area contributed by atoms with Crippen LogP contribution in [0, 0.1) is 5.82 Å². The van der Waals surface area contributed by atoms with Crippen LogP contribution < -0.4 is 5.32 Å². The van der Waals surface area contributed by atoms with Crippen molar-refractivity contribution in [2.45, 2.75) is 39.2 Å². The highest BCUT2D eigenvalue weighted by Crippen LogP contribution is 2.31. The number of allylic oxidation sites excluding steroid dienone is 5. The van der Waals surface area contributed by atoms with Crippen LogP contribution in [-0.2, 0) is 12.5 Å². The Morgan fingerprint density at radius 3 is 2.43 bits per heavy atom. The van der Waals surface area contributed by atoms with Gasteiger partial charge in [-0.25, -0.2) is 31.9 Å². The monoisotopic (exact) mass is 423 g/mol. The molecule has 0 saturated heterocycles. The average Bonchev–Trinajstić information content (AvgIpc) is 2.66. The van der Waals surface area contributed by atoms with Gasteiger partial charge in [-0.05, 0) is 36.8 Å². The Balaban J connectivity index is 2.30. The summed E-state index contributed by atoms with van der Waals surface area (Å²) >= 11 is 0. The number of nitrogens with zero attached hydrogens (tertiary/aromatic N) is 2. The van der Waals surface area contributed by atoms with E-state index in [-0.39, 0.29) is 23.6 Å². The van der Waals surface area contributed by atoms with Crippen molar-refractivity contribution in [3.8, 4) is 0 Å². The Labute approximate surface area is 172 Å². The van der Waals surface area contributed by atoms with Crippen molar-refractivity contribution in [1.29, 1.82) is 0 Å². The van der Waals surface area contributed by atoms with Gasteiger partial charge >= 0.3 is 0 Å². The quantitative estimate of drug-likeness (QED) is 0.388. The maximum absolute atomic E-state index is 13.8. The Kier molecular flexibility index (Phi) is 7.12. The number of aromatic nitrogens is 2. The molecule has 8 heteroatoms. The lowest BCUT2D eigenvalue weighted by atomic mass is 10.0. The maximum atomic E-state index is 13.8. The molecule has 30 heavy (non-hydrogen) atoms. The van der Waals surface area contributed by atoms with Crippen molar-refractivity contribution in [3.63, 3.8) is 0 Å². The van der Waals surface area contributed by atoms with Crippen molar-refractivity contribution in [3.05, 3.63) is 83.5 Å². The first-order valence-electron chi connectivity index (χ1n) is 9.08. The Morgan fingerprint density at radius 2 is 1.87 bits per heavy atom. The molecule has 0 amide bonds. The second kappa shape index (κ2) is 9.19. The molecule has 1 aromatic carbocycles. The average molecular weight is 423 g/mol. The normalized spacial score (nSPS) is 13.3. The minimum atomic E-state index is -3.23. The highest BCUT2D eigenvalue weighted by molar-refractivity contribution is 5.74. The number of nitrogens with one attached hydrogen (secondary N) is 1. The number of anilines is 1. The van der Waals surface area contributed by atoms with Crippen LogP contribution in [0.15, 0.2) is 60.8 Å². The first-order chi connectivity index (χ1) is 14.0. The maximum Gasteiger partial charge on any atom is 0.270 e. The van der Waals surface area contributed by atoms with E-state index in [4.69, 9.17) is 0 Å². The van der Waals surface area contributed by atoms with Gasteiger partial charge in [0.2, 0.25) is 5.95 Å². The number of alkyl halides is 4. The number of hydrogen-bond donors (Lipinski definition) is 1. The fourth-order valence-electron chi connectivity index (χ4n) is 2.76. The molecule has 0 atom stereocenters. The molecule has 2 aromatic rings. The SMILES string of the molecule is C=C/C(=C\C(=C/C)C(C)(F)F)c1ccnc(NCc2ccc(F)cc2C(C)(F)F)n1. The molecule has 0 spiro atoms. The van der Waals surface area contributed by atoms with E-state index in [2.05, 4.69) is 21.9 Å². The van der Waals surface area contributed by atoms with E-state index in [1.807, 2.05) is 0 Å². The number of hydrogen-bond acceptors (Lipinski definition) is 3. The Hall–Kier alpha value is -3.03. The second-order valence-electron chi connectivity index (χ2n) is 6.75. The van der Waals surface area contributed by atoms with Gasteiger partial charge in [0.15, 0.2) is 0 Å². The zero-order valence-electron chi connectivity index (χ0n) is 16.8. The van der Waals surface area contributed by atoms with E-state index < -0.39 is 23.2 Å².